The summed E-state index contributed by atoms with van der Waals surface area (Å²) in [6, 6.07) is 26.5. The van der Waals surface area contributed by atoms with Gasteiger partial charge >= 0.3 is 0 Å². The van der Waals surface area contributed by atoms with Crippen molar-refractivity contribution in [2.75, 3.05) is 0 Å². The van der Waals surface area contributed by atoms with Crippen LogP contribution in [0.25, 0.3) is 0 Å². The molecule has 0 bridgehead atoms. The molecule has 136 valence electrons. The van der Waals surface area contributed by atoms with E-state index in [1.165, 1.54) is 4.31 Å². The highest BCUT2D eigenvalue weighted by Crippen LogP contribution is 2.20. The monoisotopic (exact) mass is 439 g/mol. The molecule has 0 unspecified atom stereocenters. The van der Waals surface area contributed by atoms with Crippen molar-refractivity contribution in [3.05, 3.63) is 100 Å². The summed E-state index contributed by atoms with van der Waals surface area (Å²) in [5.41, 5.74) is 2.76. The van der Waals surface area contributed by atoms with Crippen LogP contribution in [0.15, 0.2) is 88.2 Å². The van der Waals surface area contributed by atoms with E-state index < -0.39 is 10.0 Å². The van der Waals surface area contributed by atoms with Crippen LogP contribution in [0.1, 0.15) is 16.7 Å². The number of rotatable bonds is 4. The molecule has 0 aromatic heterocycles. The van der Waals surface area contributed by atoms with Gasteiger partial charge in [0.25, 0.3) is 10.0 Å². The Kier molecular flexibility index (Phi) is 6.00. The maximum atomic E-state index is 13.1. The molecule has 3 aromatic carbocycles. The second kappa shape index (κ2) is 8.43. The Bertz CT molecular complexity index is 1070. The standard InChI is InChI=1S/C22H18BrNO2S/c1-18-7-9-20(10-8-18)17-24(16-15-19-5-3-2-4-6-19)27(25,26)22-13-11-21(23)12-14-22/h2-14H,17H2,1H3. The second-order valence-electron chi connectivity index (χ2n) is 6.05. The minimum Gasteiger partial charge on any atom is -0.220 e. The van der Waals surface area contributed by atoms with E-state index in [9.17, 15) is 8.42 Å². The van der Waals surface area contributed by atoms with Crippen molar-refractivity contribution in [2.24, 2.45) is 0 Å². The summed E-state index contributed by atoms with van der Waals surface area (Å²) < 4.78 is 28.3. The number of halogens is 1. The third kappa shape index (κ3) is 5.00. The Morgan fingerprint density at radius 1 is 0.889 bits per heavy atom. The largest absolute Gasteiger partial charge is 0.271 e. The average molecular weight is 440 g/mol. The summed E-state index contributed by atoms with van der Waals surface area (Å²) >= 11 is 3.33. The van der Waals surface area contributed by atoms with Crippen molar-refractivity contribution in [3.8, 4) is 12.0 Å². The molecule has 0 saturated carbocycles. The van der Waals surface area contributed by atoms with Gasteiger partial charge in [0.2, 0.25) is 0 Å². The zero-order chi connectivity index (χ0) is 19.3. The lowest BCUT2D eigenvalue weighted by atomic mass is 10.1. The zero-order valence-corrected chi connectivity index (χ0v) is 17.2. The van der Waals surface area contributed by atoms with E-state index in [0.717, 1.165) is 21.2 Å². The molecule has 0 heterocycles. The van der Waals surface area contributed by atoms with Gasteiger partial charge in [-0.2, -0.15) is 0 Å². The van der Waals surface area contributed by atoms with Crippen LogP contribution in [0.3, 0.4) is 0 Å². The van der Waals surface area contributed by atoms with E-state index in [-0.39, 0.29) is 11.4 Å². The molecular weight excluding hydrogens is 422 g/mol. The highest BCUT2D eigenvalue weighted by Gasteiger charge is 2.22. The number of hydrogen-bond acceptors (Lipinski definition) is 2. The molecule has 3 rings (SSSR count). The predicted octanol–water partition coefficient (Wildman–Crippen LogP) is 4.96. The number of benzene rings is 3. The SMILES string of the molecule is Cc1ccc(CN(C#Cc2ccccc2)S(=O)(=O)c2ccc(Br)cc2)cc1. The molecule has 3 aromatic rings. The fraction of sp³-hybridized carbons (Fsp3) is 0.0909. The van der Waals surface area contributed by atoms with Gasteiger partial charge in [0.15, 0.2) is 0 Å². The Balaban J connectivity index is 1.99. The van der Waals surface area contributed by atoms with Gasteiger partial charge in [0.1, 0.15) is 0 Å². The normalized spacial score (nSPS) is 10.7. The summed E-state index contributed by atoms with van der Waals surface area (Å²) in [6.07, 6.45) is 0. The topological polar surface area (TPSA) is 37.4 Å². The minimum absolute atomic E-state index is 0.179. The van der Waals surface area contributed by atoms with Gasteiger partial charge in [-0.05, 0) is 54.8 Å². The molecule has 0 N–H and O–H groups in total. The highest BCUT2D eigenvalue weighted by molar-refractivity contribution is 9.10. The first-order valence-corrected chi connectivity index (χ1v) is 10.6. The van der Waals surface area contributed by atoms with Crippen LogP contribution < -0.4 is 0 Å². The first kappa shape index (κ1) is 19.2. The second-order valence-corrected chi connectivity index (χ2v) is 8.83. The Hall–Kier alpha value is -2.55. The van der Waals surface area contributed by atoms with Gasteiger partial charge in [-0.15, -0.1) is 0 Å². The van der Waals surface area contributed by atoms with E-state index in [4.69, 9.17) is 0 Å². The lowest BCUT2D eigenvalue weighted by molar-refractivity contribution is 0.508. The summed E-state index contributed by atoms with van der Waals surface area (Å²) in [7, 11) is -3.76. The fourth-order valence-corrected chi connectivity index (χ4v) is 3.91. The lowest BCUT2D eigenvalue weighted by Gasteiger charge is -2.18. The van der Waals surface area contributed by atoms with Gasteiger partial charge in [-0.1, -0.05) is 64.0 Å². The van der Waals surface area contributed by atoms with Crippen LogP contribution in [0.4, 0.5) is 0 Å². The first-order chi connectivity index (χ1) is 12.9. The molecule has 0 aliphatic rings. The smallest absolute Gasteiger partial charge is 0.220 e. The lowest BCUT2D eigenvalue weighted by Crippen LogP contribution is -2.26. The Labute approximate surface area is 168 Å². The molecule has 27 heavy (non-hydrogen) atoms. The van der Waals surface area contributed by atoms with Crippen molar-refractivity contribution < 1.29 is 8.42 Å². The van der Waals surface area contributed by atoms with E-state index >= 15 is 0 Å². The van der Waals surface area contributed by atoms with Gasteiger partial charge in [-0.3, -0.25) is 0 Å². The predicted molar refractivity (Wildman–Crippen MR) is 111 cm³/mol. The molecule has 3 nitrogen and oxygen atoms in total. The molecule has 0 aliphatic carbocycles. The number of nitrogens with zero attached hydrogens (tertiary/aromatic N) is 1. The molecular formula is C22H18BrNO2S. The van der Waals surface area contributed by atoms with Crippen LogP contribution in [-0.4, -0.2) is 12.7 Å². The molecule has 0 fully saturated rings. The molecule has 0 aliphatic heterocycles. The third-order valence-electron chi connectivity index (χ3n) is 3.95. The minimum atomic E-state index is -3.76. The molecule has 5 heteroatoms. The van der Waals surface area contributed by atoms with Gasteiger partial charge in [0, 0.05) is 16.1 Å². The maximum absolute atomic E-state index is 13.1. The quantitative estimate of drug-likeness (QED) is 0.425. The molecule has 0 saturated heterocycles. The number of hydrogen-bond donors (Lipinski definition) is 0. The van der Waals surface area contributed by atoms with Crippen LogP contribution >= 0.6 is 15.9 Å². The van der Waals surface area contributed by atoms with Crippen LogP contribution in [0.5, 0.6) is 0 Å². The number of sulfonamides is 1. The van der Waals surface area contributed by atoms with Crippen LogP contribution in [-0.2, 0) is 16.6 Å². The van der Waals surface area contributed by atoms with Crippen molar-refractivity contribution >= 4 is 26.0 Å². The molecule has 0 radical (unpaired) electrons. The van der Waals surface area contributed by atoms with Crippen molar-refractivity contribution in [1.29, 1.82) is 0 Å². The summed E-state index contributed by atoms with van der Waals surface area (Å²) in [4.78, 5) is 0.208. The van der Waals surface area contributed by atoms with E-state index in [2.05, 4.69) is 27.9 Å². The summed E-state index contributed by atoms with van der Waals surface area (Å²) in [6.45, 7) is 2.17. The van der Waals surface area contributed by atoms with E-state index in [0.29, 0.717) is 0 Å². The van der Waals surface area contributed by atoms with Crippen LogP contribution in [0.2, 0.25) is 0 Å². The van der Waals surface area contributed by atoms with Crippen molar-refractivity contribution in [1.82, 2.24) is 4.31 Å². The maximum Gasteiger partial charge on any atom is 0.271 e. The van der Waals surface area contributed by atoms with E-state index in [1.54, 1.807) is 24.3 Å². The van der Waals surface area contributed by atoms with Crippen molar-refractivity contribution in [2.45, 2.75) is 18.4 Å². The van der Waals surface area contributed by atoms with Gasteiger partial charge < -0.3 is 0 Å². The zero-order valence-electron chi connectivity index (χ0n) is 14.8. The van der Waals surface area contributed by atoms with Gasteiger partial charge in [0.05, 0.1) is 11.4 Å². The molecule has 0 spiro atoms. The van der Waals surface area contributed by atoms with Crippen molar-refractivity contribution in [3.63, 3.8) is 0 Å². The fourth-order valence-electron chi connectivity index (χ4n) is 2.43. The van der Waals surface area contributed by atoms with E-state index in [1.807, 2.05) is 61.5 Å². The van der Waals surface area contributed by atoms with Crippen LogP contribution in [0, 0.1) is 18.9 Å². The molecule has 0 amide bonds. The first-order valence-electron chi connectivity index (χ1n) is 8.36. The average Bonchev–Trinajstić information content (AvgIpc) is 2.67. The molecule has 0 atom stereocenters. The third-order valence-corrected chi connectivity index (χ3v) is 6.14. The Morgan fingerprint density at radius 2 is 1.52 bits per heavy atom. The van der Waals surface area contributed by atoms with Gasteiger partial charge in [-0.25, -0.2) is 12.7 Å². The highest BCUT2D eigenvalue weighted by atomic mass is 79.9. The summed E-state index contributed by atoms with van der Waals surface area (Å²) in [5, 5.41) is 0. The number of aryl methyl sites for hydroxylation is 1. The summed E-state index contributed by atoms with van der Waals surface area (Å²) in [5.74, 6) is 2.95. The Morgan fingerprint density at radius 3 is 2.15 bits per heavy atom.